The number of benzene rings is 1. The number of halogens is 2. The molecular formula is C15H10BrClN2OS. The van der Waals surface area contributed by atoms with Crippen LogP contribution >= 0.6 is 38.9 Å². The first kappa shape index (κ1) is 14.5. The molecule has 1 N–H and O–H groups in total. The van der Waals surface area contributed by atoms with Gasteiger partial charge in [-0.2, -0.15) is 0 Å². The third kappa shape index (κ3) is 3.26. The van der Waals surface area contributed by atoms with Crippen LogP contribution in [0.25, 0.3) is 10.9 Å². The molecule has 1 aromatic carbocycles. The van der Waals surface area contributed by atoms with Gasteiger partial charge in [-0.3, -0.25) is 4.79 Å². The van der Waals surface area contributed by atoms with Gasteiger partial charge in [0.25, 0.3) is 5.91 Å². The van der Waals surface area contributed by atoms with Gasteiger partial charge < -0.3 is 5.32 Å². The van der Waals surface area contributed by atoms with Gasteiger partial charge in [-0.15, -0.1) is 11.3 Å². The Hall–Kier alpha value is -1.43. The summed E-state index contributed by atoms with van der Waals surface area (Å²) in [7, 11) is 0. The number of nitrogens with zero attached hydrogens (tertiary/aromatic N) is 1. The normalized spacial score (nSPS) is 10.8. The fraction of sp³-hybridized carbons (Fsp3) is 0.0667. The summed E-state index contributed by atoms with van der Waals surface area (Å²) < 4.78 is 1.02. The predicted octanol–water partition coefficient (Wildman–Crippen LogP) is 4.64. The average Bonchev–Trinajstić information content (AvgIpc) is 2.89. The summed E-state index contributed by atoms with van der Waals surface area (Å²) in [6.45, 7) is 0.489. The minimum Gasteiger partial charge on any atom is -0.347 e. The fourth-order valence-corrected chi connectivity index (χ4v) is 3.63. The highest BCUT2D eigenvalue weighted by atomic mass is 79.9. The number of carbonyl (C=O) groups excluding carboxylic acids is 1. The maximum absolute atomic E-state index is 12.4. The number of fused-ring (bicyclic) bond motifs is 1. The van der Waals surface area contributed by atoms with E-state index in [1.165, 1.54) is 0 Å². The smallest absolute Gasteiger partial charge is 0.252 e. The molecule has 0 aliphatic rings. The van der Waals surface area contributed by atoms with Gasteiger partial charge >= 0.3 is 0 Å². The number of para-hydroxylation sites is 1. The minimum absolute atomic E-state index is 0.153. The molecule has 0 fully saturated rings. The maximum Gasteiger partial charge on any atom is 0.252 e. The Morgan fingerprint density at radius 3 is 2.90 bits per heavy atom. The number of pyridine rings is 1. The van der Waals surface area contributed by atoms with Gasteiger partial charge in [-0.05, 0) is 34.1 Å². The first-order valence-corrected chi connectivity index (χ1v) is 8.25. The SMILES string of the molecule is O=C(NCc1cc(Br)cs1)c1cc(Cl)nc2ccccc12. The lowest BCUT2D eigenvalue weighted by molar-refractivity contribution is 0.0953. The van der Waals surface area contributed by atoms with E-state index >= 15 is 0 Å². The van der Waals surface area contributed by atoms with E-state index in [1.54, 1.807) is 17.4 Å². The molecule has 0 aliphatic carbocycles. The summed E-state index contributed by atoms with van der Waals surface area (Å²) in [6.07, 6.45) is 0. The van der Waals surface area contributed by atoms with Crippen LogP contribution < -0.4 is 5.32 Å². The number of amides is 1. The third-order valence-electron chi connectivity index (χ3n) is 2.97. The number of thiophene rings is 1. The van der Waals surface area contributed by atoms with Crippen LogP contribution in [0, 0.1) is 0 Å². The second kappa shape index (κ2) is 6.13. The lowest BCUT2D eigenvalue weighted by Gasteiger charge is -2.07. The average molecular weight is 382 g/mol. The Balaban J connectivity index is 1.87. The van der Waals surface area contributed by atoms with Gasteiger partial charge in [0.15, 0.2) is 0 Å². The van der Waals surface area contributed by atoms with E-state index in [0.29, 0.717) is 22.8 Å². The van der Waals surface area contributed by atoms with Crippen LogP contribution in [0.3, 0.4) is 0 Å². The molecule has 3 rings (SSSR count). The van der Waals surface area contributed by atoms with Crippen LogP contribution in [0.5, 0.6) is 0 Å². The van der Waals surface area contributed by atoms with Crippen molar-refractivity contribution >= 4 is 55.7 Å². The highest BCUT2D eigenvalue weighted by Gasteiger charge is 2.12. The number of nitrogens with one attached hydrogen (secondary N) is 1. The number of aromatic nitrogens is 1. The van der Waals surface area contributed by atoms with E-state index in [-0.39, 0.29) is 5.91 Å². The van der Waals surface area contributed by atoms with Crippen molar-refractivity contribution in [2.75, 3.05) is 0 Å². The molecule has 0 bridgehead atoms. The molecule has 106 valence electrons. The lowest BCUT2D eigenvalue weighted by Crippen LogP contribution is -2.22. The molecule has 2 heterocycles. The molecule has 6 heteroatoms. The fourth-order valence-electron chi connectivity index (χ4n) is 2.04. The molecule has 0 unspecified atom stereocenters. The first-order valence-electron chi connectivity index (χ1n) is 6.20. The van der Waals surface area contributed by atoms with Crippen molar-refractivity contribution in [3.8, 4) is 0 Å². The molecule has 0 spiro atoms. The Kier molecular flexibility index (Phi) is 4.24. The number of hydrogen-bond donors (Lipinski definition) is 1. The summed E-state index contributed by atoms with van der Waals surface area (Å²) >= 11 is 11.0. The molecule has 3 aromatic rings. The third-order valence-corrected chi connectivity index (χ3v) is 4.87. The Morgan fingerprint density at radius 1 is 1.33 bits per heavy atom. The van der Waals surface area contributed by atoms with Crippen molar-refractivity contribution in [2.24, 2.45) is 0 Å². The van der Waals surface area contributed by atoms with Gasteiger partial charge in [-0.1, -0.05) is 29.8 Å². The number of hydrogen-bond acceptors (Lipinski definition) is 3. The molecule has 0 atom stereocenters. The molecule has 0 aliphatic heterocycles. The van der Waals surface area contributed by atoms with Crippen LogP contribution in [0.2, 0.25) is 5.15 Å². The number of carbonyl (C=O) groups is 1. The predicted molar refractivity (Wildman–Crippen MR) is 89.9 cm³/mol. The van der Waals surface area contributed by atoms with Crippen molar-refractivity contribution in [3.63, 3.8) is 0 Å². The molecule has 0 saturated heterocycles. The van der Waals surface area contributed by atoms with Crippen LogP contribution in [0.15, 0.2) is 46.3 Å². The maximum atomic E-state index is 12.4. The summed E-state index contributed by atoms with van der Waals surface area (Å²) in [6, 6.07) is 11.1. The summed E-state index contributed by atoms with van der Waals surface area (Å²) in [5.74, 6) is -0.153. The van der Waals surface area contributed by atoms with Crippen LogP contribution in [-0.4, -0.2) is 10.9 Å². The molecular weight excluding hydrogens is 372 g/mol. The summed E-state index contributed by atoms with van der Waals surface area (Å²) in [5.41, 5.74) is 1.26. The van der Waals surface area contributed by atoms with E-state index in [9.17, 15) is 4.79 Å². The molecule has 2 aromatic heterocycles. The molecule has 1 amide bonds. The van der Waals surface area contributed by atoms with Gasteiger partial charge in [0.2, 0.25) is 0 Å². The van der Waals surface area contributed by atoms with Crippen LogP contribution in [-0.2, 0) is 6.54 Å². The molecule has 0 radical (unpaired) electrons. The van der Waals surface area contributed by atoms with E-state index < -0.39 is 0 Å². The zero-order valence-electron chi connectivity index (χ0n) is 10.8. The van der Waals surface area contributed by atoms with Crippen molar-refractivity contribution in [1.29, 1.82) is 0 Å². The second-order valence-corrected chi connectivity index (χ2v) is 6.72. The van der Waals surface area contributed by atoms with E-state index in [4.69, 9.17) is 11.6 Å². The van der Waals surface area contributed by atoms with Gasteiger partial charge in [0.05, 0.1) is 17.6 Å². The summed E-state index contributed by atoms with van der Waals surface area (Å²) in [5, 5.41) is 6.01. The van der Waals surface area contributed by atoms with Crippen molar-refractivity contribution < 1.29 is 4.79 Å². The van der Waals surface area contributed by atoms with Crippen LogP contribution in [0.1, 0.15) is 15.2 Å². The Labute approximate surface area is 139 Å². The Bertz CT molecular complexity index is 818. The van der Waals surface area contributed by atoms with Gasteiger partial charge in [0.1, 0.15) is 5.15 Å². The summed E-state index contributed by atoms with van der Waals surface area (Å²) in [4.78, 5) is 17.7. The largest absolute Gasteiger partial charge is 0.347 e. The highest BCUT2D eigenvalue weighted by molar-refractivity contribution is 9.10. The van der Waals surface area contributed by atoms with Crippen molar-refractivity contribution in [2.45, 2.75) is 6.54 Å². The second-order valence-electron chi connectivity index (χ2n) is 4.42. The van der Waals surface area contributed by atoms with E-state index in [0.717, 1.165) is 14.7 Å². The van der Waals surface area contributed by atoms with Gasteiger partial charge in [0, 0.05) is 20.1 Å². The standard InChI is InChI=1S/C15H10BrClN2OS/c16-9-5-10(21-8-9)7-18-15(20)12-6-14(17)19-13-4-2-1-3-11(12)13/h1-6,8H,7H2,(H,18,20). The quantitative estimate of drug-likeness (QED) is 0.671. The van der Waals surface area contributed by atoms with Gasteiger partial charge in [-0.25, -0.2) is 4.98 Å². The lowest BCUT2D eigenvalue weighted by atomic mass is 10.1. The van der Waals surface area contributed by atoms with Crippen LogP contribution in [0.4, 0.5) is 0 Å². The van der Waals surface area contributed by atoms with Crippen molar-refractivity contribution in [1.82, 2.24) is 10.3 Å². The zero-order valence-corrected chi connectivity index (χ0v) is 13.9. The first-order chi connectivity index (χ1) is 10.1. The molecule has 0 saturated carbocycles. The monoisotopic (exact) mass is 380 g/mol. The topological polar surface area (TPSA) is 42.0 Å². The minimum atomic E-state index is -0.153. The number of rotatable bonds is 3. The molecule has 21 heavy (non-hydrogen) atoms. The van der Waals surface area contributed by atoms with E-state index in [2.05, 4.69) is 26.2 Å². The highest BCUT2D eigenvalue weighted by Crippen LogP contribution is 2.22. The zero-order chi connectivity index (χ0) is 14.8. The molecule has 3 nitrogen and oxygen atoms in total. The van der Waals surface area contributed by atoms with E-state index in [1.807, 2.05) is 35.7 Å². The Morgan fingerprint density at radius 2 is 2.14 bits per heavy atom. The van der Waals surface area contributed by atoms with Crippen molar-refractivity contribution in [3.05, 3.63) is 61.8 Å².